The highest BCUT2D eigenvalue weighted by Gasteiger charge is 2.25. The van der Waals surface area contributed by atoms with Crippen LogP contribution >= 0.6 is 0 Å². The van der Waals surface area contributed by atoms with E-state index < -0.39 is 0 Å². The molecular formula is C17H20FN3O2. The molecule has 1 aromatic carbocycles. The molecule has 2 aromatic rings. The van der Waals surface area contributed by atoms with Crippen molar-refractivity contribution in [3.05, 3.63) is 48.0 Å². The summed E-state index contributed by atoms with van der Waals surface area (Å²) in [5.41, 5.74) is 1.09. The molecule has 3 rings (SSSR count). The van der Waals surface area contributed by atoms with Crippen molar-refractivity contribution in [2.75, 3.05) is 19.7 Å². The lowest BCUT2D eigenvalue weighted by molar-refractivity contribution is -0.132. The van der Waals surface area contributed by atoms with Gasteiger partial charge in [-0.25, -0.2) is 4.39 Å². The van der Waals surface area contributed by atoms with Crippen molar-refractivity contribution < 1.29 is 13.9 Å². The van der Waals surface area contributed by atoms with Crippen LogP contribution in [-0.4, -0.2) is 40.7 Å². The summed E-state index contributed by atoms with van der Waals surface area (Å²) in [6.45, 7) is 1.81. The number of aromatic amines is 1. The molecule has 1 fully saturated rings. The van der Waals surface area contributed by atoms with Gasteiger partial charge in [-0.1, -0.05) is 0 Å². The van der Waals surface area contributed by atoms with Gasteiger partial charge in [0.15, 0.2) is 0 Å². The standard InChI is InChI=1S/C17H20FN3O2/c18-14-3-5-15(6-4-14)23-11-8-17(22)21-10-1-2-13(12-21)16-7-9-19-20-16/h3-7,9,13H,1-2,8,10-12H2,(H,19,20)/t13-/m0/s1. The molecule has 5 nitrogen and oxygen atoms in total. The Bertz CT molecular complexity index is 628. The van der Waals surface area contributed by atoms with Crippen LogP contribution in [0.4, 0.5) is 4.39 Å². The van der Waals surface area contributed by atoms with Gasteiger partial charge in [0.2, 0.25) is 5.91 Å². The molecule has 23 heavy (non-hydrogen) atoms. The van der Waals surface area contributed by atoms with Gasteiger partial charge in [-0.2, -0.15) is 5.10 Å². The number of H-pyrrole nitrogens is 1. The first-order chi connectivity index (χ1) is 11.2. The topological polar surface area (TPSA) is 58.2 Å². The minimum atomic E-state index is -0.299. The molecule has 1 aromatic heterocycles. The number of amides is 1. The maximum Gasteiger partial charge on any atom is 0.226 e. The van der Waals surface area contributed by atoms with Crippen LogP contribution in [-0.2, 0) is 4.79 Å². The van der Waals surface area contributed by atoms with Crippen molar-refractivity contribution in [1.29, 1.82) is 0 Å². The summed E-state index contributed by atoms with van der Waals surface area (Å²) in [5, 5.41) is 6.97. The van der Waals surface area contributed by atoms with Crippen molar-refractivity contribution in [3.63, 3.8) is 0 Å². The highest BCUT2D eigenvalue weighted by atomic mass is 19.1. The fourth-order valence-corrected chi connectivity index (χ4v) is 2.90. The van der Waals surface area contributed by atoms with Crippen molar-refractivity contribution in [3.8, 4) is 5.75 Å². The van der Waals surface area contributed by atoms with Crippen molar-refractivity contribution >= 4 is 5.91 Å². The lowest BCUT2D eigenvalue weighted by atomic mass is 9.95. The number of ether oxygens (including phenoxy) is 1. The Morgan fingerprint density at radius 3 is 2.91 bits per heavy atom. The predicted octanol–water partition coefficient (Wildman–Crippen LogP) is 2.72. The Kier molecular flexibility index (Phi) is 4.90. The van der Waals surface area contributed by atoms with E-state index in [1.807, 2.05) is 11.0 Å². The Balaban J connectivity index is 1.47. The second-order valence-corrected chi connectivity index (χ2v) is 5.74. The van der Waals surface area contributed by atoms with Gasteiger partial charge in [-0.05, 0) is 43.2 Å². The number of carbonyl (C=O) groups is 1. The molecule has 1 saturated heterocycles. The minimum Gasteiger partial charge on any atom is -0.493 e. The largest absolute Gasteiger partial charge is 0.493 e. The quantitative estimate of drug-likeness (QED) is 0.922. The molecular weight excluding hydrogens is 297 g/mol. The number of aromatic nitrogens is 2. The summed E-state index contributed by atoms with van der Waals surface area (Å²) >= 11 is 0. The zero-order valence-electron chi connectivity index (χ0n) is 12.9. The molecule has 0 radical (unpaired) electrons. The summed E-state index contributed by atoms with van der Waals surface area (Å²) in [6, 6.07) is 7.79. The Hall–Kier alpha value is -2.37. The Labute approximate surface area is 134 Å². The number of benzene rings is 1. The fraction of sp³-hybridized carbons (Fsp3) is 0.412. The smallest absolute Gasteiger partial charge is 0.226 e. The van der Waals surface area contributed by atoms with Gasteiger partial charge in [0, 0.05) is 30.9 Å². The first-order valence-corrected chi connectivity index (χ1v) is 7.88. The van der Waals surface area contributed by atoms with Crippen LogP contribution in [0, 0.1) is 5.82 Å². The normalized spacial score (nSPS) is 18.0. The first-order valence-electron chi connectivity index (χ1n) is 7.88. The zero-order valence-corrected chi connectivity index (χ0v) is 12.9. The van der Waals surface area contributed by atoms with E-state index in [9.17, 15) is 9.18 Å². The molecule has 1 aliphatic rings. The summed E-state index contributed by atoms with van der Waals surface area (Å²) in [6.07, 6.45) is 4.13. The van der Waals surface area contributed by atoms with E-state index in [-0.39, 0.29) is 11.7 Å². The van der Waals surface area contributed by atoms with Crippen LogP contribution in [0.15, 0.2) is 36.5 Å². The minimum absolute atomic E-state index is 0.0938. The fourth-order valence-electron chi connectivity index (χ4n) is 2.90. The lowest BCUT2D eigenvalue weighted by Gasteiger charge is -2.32. The monoisotopic (exact) mass is 317 g/mol. The van der Waals surface area contributed by atoms with Crippen LogP contribution in [0.5, 0.6) is 5.75 Å². The third kappa shape index (κ3) is 4.09. The maximum absolute atomic E-state index is 12.8. The Morgan fingerprint density at radius 2 is 2.17 bits per heavy atom. The number of rotatable bonds is 5. The number of hydrogen-bond donors (Lipinski definition) is 1. The highest BCUT2D eigenvalue weighted by Crippen LogP contribution is 2.25. The van der Waals surface area contributed by atoms with E-state index in [1.165, 1.54) is 12.1 Å². The third-order valence-electron chi connectivity index (χ3n) is 4.13. The molecule has 1 N–H and O–H groups in total. The second kappa shape index (κ2) is 7.26. The molecule has 0 saturated carbocycles. The van der Waals surface area contributed by atoms with Gasteiger partial charge in [-0.3, -0.25) is 9.89 Å². The molecule has 0 spiro atoms. The summed E-state index contributed by atoms with van der Waals surface area (Å²) < 4.78 is 18.3. The van der Waals surface area contributed by atoms with Crippen molar-refractivity contribution in [2.24, 2.45) is 0 Å². The number of likely N-dealkylation sites (tertiary alicyclic amines) is 1. The van der Waals surface area contributed by atoms with Gasteiger partial charge in [0.25, 0.3) is 0 Å². The number of piperidine rings is 1. The number of hydrogen-bond acceptors (Lipinski definition) is 3. The number of nitrogens with one attached hydrogen (secondary N) is 1. The molecule has 0 aliphatic carbocycles. The number of halogens is 1. The third-order valence-corrected chi connectivity index (χ3v) is 4.13. The van der Waals surface area contributed by atoms with Gasteiger partial charge < -0.3 is 9.64 Å². The van der Waals surface area contributed by atoms with Gasteiger partial charge in [0.1, 0.15) is 11.6 Å². The first kappa shape index (κ1) is 15.5. The Morgan fingerprint density at radius 1 is 1.35 bits per heavy atom. The molecule has 1 atom stereocenters. The van der Waals surface area contributed by atoms with E-state index in [0.717, 1.165) is 31.6 Å². The summed E-state index contributed by atoms with van der Waals surface area (Å²) in [5.74, 6) is 0.698. The zero-order chi connectivity index (χ0) is 16.1. The van der Waals surface area contributed by atoms with Crippen LogP contribution in [0.2, 0.25) is 0 Å². The second-order valence-electron chi connectivity index (χ2n) is 5.74. The van der Waals surface area contributed by atoms with Crippen LogP contribution in [0.25, 0.3) is 0 Å². The van der Waals surface area contributed by atoms with E-state index in [1.54, 1.807) is 18.3 Å². The van der Waals surface area contributed by atoms with Gasteiger partial charge in [0.05, 0.1) is 13.0 Å². The number of carbonyl (C=O) groups excluding carboxylic acids is 1. The maximum atomic E-state index is 12.8. The van der Waals surface area contributed by atoms with Crippen LogP contribution in [0.1, 0.15) is 30.9 Å². The molecule has 1 aliphatic heterocycles. The molecule has 1 amide bonds. The van der Waals surface area contributed by atoms with Gasteiger partial charge in [-0.15, -0.1) is 0 Å². The highest BCUT2D eigenvalue weighted by molar-refractivity contribution is 5.76. The van der Waals surface area contributed by atoms with E-state index >= 15 is 0 Å². The van der Waals surface area contributed by atoms with E-state index in [0.29, 0.717) is 24.7 Å². The lowest BCUT2D eigenvalue weighted by Crippen LogP contribution is -2.39. The summed E-state index contributed by atoms with van der Waals surface area (Å²) in [4.78, 5) is 14.2. The van der Waals surface area contributed by atoms with Crippen LogP contribution in [0.3, 0.4) is 0 Å². The molecule has 6 heteroatoms. The van der Waals surface area contributed by atoms with Gasteiger partial charge >= 0.3 is 0 Å². The van der Waals surface area contributed by atoms with E-state index in [4.69, 9.17) is 4.74 Å². The van der Waals surface area contributed by atoms with Crippen LogP contribution < -0.4 is 4.74 Å². The molecule has 122 valence electrons. The van der Waals surface area contributed by atoms with E-state index in [2.05, 4.69) is 10.2 Å². The molecule has 2 heterocycles. The van der Waals surface area contributed by atoms with Crippen molar-refractivity contribution in [2.45, 2.75) is 25.2 Å². The average molecular weight is 317 g/mol. The summed E-state index contributed by atoms with van der Waals surface area (Å²) in [7, 11) is 0. The SMILES string of the molecule is O=C(CCOc1ccc(F)cc1)N1CCC[C@H](c2ccn[nH]2)C1. The number of nitrogens with zero attached hydrogens (tertiary/aromatic N) is 2. The molecule has 0 unspecified atom stereocenters. The molecule has 0 bridgehead atoms. The average Bonchev–Trinajstić information content (AvgIpc) is 3.11. The van der Waals surface area contributed by atoms with Crippen molar-refractivity contribution in [1.82, 2.24) is 15.1 Å². The predicted molar refractivity (Wildman–Crippen MR) is 83.7 cm³/mol.